The molecule has 1 unspecified atom stereocenters. The Labute approximate surface area is 187 Å². The van der Waals surface area contributed by atoms with E-state index in [4.69, 9.17) is 4.74 Å². The van der Waals surface area contributed by atoms with Crippen LogP contribution >= 0.6 is 0 Å². The Balaban J connectivity index is 2.05. The van der Waals surface area contributed by atoms with Crippen LogP contribution in [0.25, 0.3) is 0 Å². The molecule has 0 aliphatic rings. The van der Waals surface area contributed by atoms with Gasteiger partial charge in [-0.2, -0.15) is 0 Å². The maximum Gasteiger partial charge on any atom is 0.143 e. The van der Waals surface area contributed by atoms with E-state index in [0.717, 1.165) is 42.4 Å². The van der Waals surface area contributed by atoms with Crippen LogP contribution in [0.3, 0.4) is 0 Å². The van der Waals surface area contributed by atoms with Crippen LogP contribution in [0.15, 0.2) is 72.8 Å². The molecule has 164 valence electrons. The molecule has 0 heterocycles. The van der Waals surface area contributed by atoms with Gasteiger partial charge < -0.3 is 9.84 Å². The third-order valence-electron chi connectivity index (χ3n) is 6.00. The average molecular weight is 417 g/mol. The van der Waals surface area contributed by atoms with Crippen LogP contribution in [0, 0.1) is 20.8 Å². The SMILES string of the molecule is CCCC(O)CCCOC(c1ccc(C)cc1)(c1ccc(C)cc1)c1ccc(C)cc1. The van der Waals surface area contributed by atoms with Gasteiger partial charge in [0.05, 0.1) is 6.10 Å². The lowest BCUT2D eigenvalue weighted by atomic mass is 9.79. The summed E-state index contributed by atoms with van der Waals surface area (Å²) in [7, 11) is 0. The quantitative estimate of drug-likeness (QED) is 0.289. The normalized spacial score (nSPS) is 12.7. The highest BCUT2D eigenvalue weighted by Gasteiger charge is 2.37. The molecule has 0 saturated carbocycles. The maximum atomic E-state index is 10.2. The fraction of sp³-hybridized carbons (Fsp3) is 0.379. The van der Waals surface area contributed by atoms with Crippen molar-refractivity contribution in [3.8, 4) is 0 Å². The molecule has 0 aromatic heterocycles. The number of ether oxygens (including phenoxy) is 1. The zero-order chi connectivity index (χ0) is 22.3. The van der Waals surface area contributed by atoms with Gasteiger partial charge in [-0.15, -0.1) is 0 Å². The second-order valence-corrected chi connectivity index (χ2v) is 8.71. The van der Waals surface area contributed by atoms with Crippen LogP contribution < -0.4 is 0 Å². The molecule has 0 radical (unpaired) electrons. The lowest BCUT2D eigenvalue weighted by molar-refractivity contribution is 0.00558. The van der Waals surface area contributed by atoms with Gasteiger partial charge in [-0.1, -0.05) is 103 Å². The molecule has 31 heavy (non-hydrogen) atoms. The molecule has 0 bridgehead atoms. The second-order valence-electron chi connectivity index (χ2n) is 8.71. The first-order chi connectivity index (χ1) is 15.0. The monoisotopic (exact) mass is 416 g/mol. The van der Waals surface area contributed by atoms with Crippen LogP contribution in [-0.2, 0) is 10.3 Å². The third kappa shape index (κ3) is 5.64. The minimum atomic E-state index is -0.690. The Kier molecular flexibility index (Phi) is 8.06. The lowest BCUT2D eigenvalue weighted by Gasteiger charge is -2.36. The summed E-state index contributed by atoms with van der Waals surface area (Å²) in [4.78, 5) is 0. The van der Waals surface area contributed by atoms with E-state index in [1.54, 1.807) is 0 Å². The lowest BCUT2D eigenvalue weighted by Crippen LogP contribution is -2.33. The van der Waals surface area contributed by atoms with E-state index in [-0.39, 0.29) is 6.10 Å². The van der Waals surface area contributed by atoms with Gasteiger partial charge in [-0.05, 0) is 56.7 Å². The van der Waals surface area contributed by atoms with Crippen molar-refractivity contribution in [1.29, 1.82) is 0 Å². The van der Waals surface area contributed by atoms with E-state index in [1.807, 2.05) is 0 Å². The van der Waals surface area contributed by atoms with Crippen molar-refractivity contribution in [2.75, 3.05) is 6.61 Å². The van der Waals surface area contributed by atoms with Crippen molar-refractivity contribution in [2.24, 2.45) is 0 Å². The molecule has 1 atom stereocenters. The molecular formula is C29H36O2. The molecule has 0 aliphatic heterocycles. The molecular weight excluding hydrogens is 380 g/mol. The Morgan fingerprint density at radius 2 is 1.06 bits per heavy atom. The summed E-state index contributed by atoms with van der Waals surface area (Å²) in [6.45, 7) is 9.02. The molecule has 0 aliphatic carbocycles. The highest BCUT2D eigenvalue weighted by Crippen LogP contribution is 2.41. The van der Waals surface area contributed by atoms with Gasteiger partial charge in [-0.25, -0.2) is 0 Å². The molecule has 0 fully saturated rings. The first-order valence-electron chi connectivity index (χ1n) is 11.5. The first kappa shape index (κ1) is 23.2. The van der Waals surface area contributed by atoms with E-state index in [9.17, 15) is 5.11 Å². The Hall–Kier alpha value is -2.42. The number of aliphatic hydroxyl groups is 1. The summed E-state index contributed by atoms with van der Waals surface area (Å²) in [6.07, 6.45) is 3.19. The van der Waals surface area contributed by atoms with Crippen molar-refractivity contribution < 1.29 is 9.84 Å². The number of benzene rings is 3. The molecule has 3 aromatic carbocycles. The van der Waals surface area contributed by atoms with Gasteiger partial charge in [0.15, 0.2) is 0 Å². The summed E-state index contributed by atoms with van der Waals surface area (Å²) >= 11 is 0. The zero-order valence-electron chi connectivity index (χ0n) is 19.4. The maximum absolute atomic E-state index is 10.2. The van der Waals surface area contributed by atoms with Crippen LogP contribution in [0.2, 0.25) is 0 Å². The van der Waals surface area contributed by atoms with Crippen LogP contribution in [-0.4, -0.2) is 17.8 Å². The van der Waals surface area contributed by atoms with E-state index >= 15 is 0 Å². The highest BCUT2D eigenvalue weighted by molar-refractivity contribution is 5.49. The van der Waals surface area contributed by atoms with E-state index < -0.39 is 5.60 Å². The molecule has 0 amide bonds. The van der Waals surface area contributed by atoms with Gasteiger partial charge >= 0.3 is 0 Å². The van der Waals surface area contributed by atoms with Gasteiger partial charge in [0, 0.05) is 6.61 Å². The van der Waals surface area contributed by atoms with Gasteiger partial charge in [0.2, 0.25) is 0 Å². The molecule has 3 rings (SSSR count). The van der Waals surface area contributed by atoms with Crippen molar-refractivity contribution in [3.05, 3.63) is 106 Å². The second kappa shape index (κ2) is 10.7. The minimum absolute atomic E-state index is 0.249. The van der Waals surface area contributed by atoms with Gasteiger partial charge in [-0.3, -0.25) is 0 Å². The van der Waals surface area contributed by atoms with E-state index in [2.05, 4.69) is 100 Å². The molecule has 3 aromatic rings. The molecule has 2 heteroatoms. The molecule has 1 N–H and O–H groups in total. The fourth-order valence-corrected chi connectivity index (χ4v) is 4.14. The van der Waals surface area contributed by atoms with Crippen LogP contribution in [0.4, 0.5) is 0 Å². The molecule has 0 spiro atoms. The summed E-state index contributed by atoms with van der Waals surface area (Å²) < 4.78 is 6.82. The van der Waals surface area contributed by atoms with Crippen molar-refractivity contribution >= 4 is 0 Å². The summed E-state index contributed by atoms with van der Waals surface area (Å²) in [5.74, 6) is 0. The smallest absolute Gasteiger partial charge is 0.143 e. The summed E-state index contributed by atoms with van der Waals surface area (Å²) in [5.41, 5.74) is 6.37. The predicted octanol–water partition coefficient (Wildman–Crippen LogP) is 6.86. The van der Waals surface area contributed by atoms with E-state index in [0.29, 0.717) is 6.61 Å². The number of aryl methyl sites for hydroxylation is 3. The first-order valence-corrected chi connectivity index (χ1v) is 11.5. The average Bonchev–Trinajstić information content (AvgIpc) is 2.76. The zero-order valence-corrected chi connectivity index (χ0v) is 19.4. The highest BCUT2D eigenvalue weighted by atomic mass is 16.5. The summed E-state index contributed by atoms with van der Waals surface area (Å²) in [5, 5.41) is 10.2. The number of aliphatic hydroxyl groups excluding tert-OH is 1. The van der Waals surface area contributed by atoms with Crippen molar-refractivity contribution in [2.45, 2.75) is 65.1 Å². The van der Waals surface area contributed by atoms with Crippen molar-refractivity contribution in [3.63, 3.8) is 0 Å². The Morgan fingerprint density at radius 3 is 1.42 bits per heavy atom. The number of rotatable bonds is 10. The van der Waals surface area contributed by atoms with Gasteiger partial charge in [0.1, 0.15) is 5.60 Å². The Morgan fingerprint density at radius 1 is 0.677 bits per heavy atom. The standard InChI is InChI=1S/C29H36O2/c1-5-7-28(30)8-6-21-31-29(25-15-9-22(2)10-16-25,26-17-11-23(3)12-18-26)27-19-13-24(4)14-20-27/h9-20,28,30H,5-8,21H2,1-4H3. The fourth-order valence-electron chi connectivity index (χ4n) is 4.14. The molecule has 0 saturated heterocycles. The minimum Gasteiger partial charge on any atom is -0.393 e. The predicted molar refractivity (Wildman–Crippen MR) is 130 cm³/mol. The third-order valence-corrected chi connectivity index (χ3v) is 6.00. The number of hydrogen-bond acceptors (Lipinski definition) is 2. The van der Waals surface area contributed by atoms with Gasteiger partial charge in [0.25, 0.3) is 0 Å². The molecule has 2 nitrogen and oxygen atoms in total. The Bertz CT molecular complexity index is 813. The van der Waals surface area contributed by atoms with Crippen LogP contribution in [0.1, 0.15) is 66.0 Å². The summed E-state index contributed by atoms with van der Waals surface area (Å²) in [6, 6.07) is 26.0. The topological polar surface area (TPSA) is 29.5 Å². The van der Waals surface area contributed by atoms with Crippen LogP contribution in [0.5, 0.6) is 0 Å². The van der Waals surface area contributed by atoms with E-state index in [1.165, 1.54) is 16.7 Å². The largest absolute Gasteiger partial charge is 0.393 e. The van der Waals surface area contributed by atoms with Crippen molar-refractivity contribution in [1.82, 2.24) is 0 Å². The number of hydrogen-bond donors (Lipinski definition) is 1.